The van der Waals surface area contributed by atoms with Crippen LogP contribution in [0.4, 0.5) is 0 Å². The molecular weight excluding hydrogens is 216 g/mol. The van der Waals surface area contributed by atoms with Gasteiger partial charge in [0, 0.05) is 6.42 Å². The van der Waals surface area contributed by atoms with Crippen LogP contribution >= 0.6 is 0 Å². The number of aliphatic hydroxyl groups is 2. The Bertz CT molecular complexity index is 329. The fourth-order valence-corrected chi connectivity index (χ4v) is 4.56. The van der Waals surface area contributed by atoms with Crippen molar-refractivity contribution in [2.45, 2.75) is 55.8 Å². The maximum Gasteiger partial charge on any atom is 0.100 e. The summed E-state index contributed by atoms with van der Waals surface area (Å²) >= 11 is 0. The molecule has 1 spiro atoms. The van der Waals surface area contributed by atoms with Crippen molar-refractivity contribution < 1.29 is 14.9 Å². The molecule has 3 aliphatic rings. The van der Waals surface area contributed by atoms with Crippen LogP contribution in [0.5, 0.6) is 0 Å². The standard InChI is InChI=1S/C14H22O3/c1-2-3-10-9-13(16)6-7-17-14(13)5-4-11(15)8-12(10)14/h2,10-12,15-16H,1,3-9H2/t10-,11+,12-,13-,14-/m1/s1. The van der Waals surface area contributed by atoms with Crippen LogP contribution in [-0.4, -0.2) is 34.1 Å². The molecule has 0 radical (unpaired) electrons. The molecule has 0 amide bonds. The highest BCUT2D eigenvalue weighted by Gasteiger charge is 2.67. The zero-order valence-corrected chi connectivity index (χ0v) is 10.3. The van der Waals surface area contributed by atoms with Gasteiger partial charge in [-0.3, -0.25) is 0 Å². The highest BCUT2D eigenvalue weighted by molar-refractivity contribution is 5.18. The van der Waals surface area contributed by atoms with Gasteiger partial charge in [-0.15, -0.1) is 6.58 Å². The van der Waals surface area contributed by atoms with E-state index in [1.165, 1.54) is 0 Å². The molecule has 3 nitrogen and oxygen atoms in total. The van der Waals surface area contributed by atoms with E-state index < -0.39 is 5.60 Å². The molecule has 3 heteroatoms. The number of rotatable bonds is 2. The minimum atomic E-state index is -0.647. The Morgan fingerprint density at radius 2 is 2.24 bits per heavy atom. The predicted octanol–water partition coefficient (Wildman–Crippen LogP) is 1.63. The minimum Gasteiger partial charge on any atom is -0.393 e. The fourth-order valence-electron chi connectivity index (χ4n) is 4.56. The highest BCUT2D eigenvalue weighted by Crippen LogP contribution is 2.61. The maximum atomic E-state index is 10.9. The summed E-state index contributed by atoms with van der Waals surface area (Å²) in [6, 6.07) is 0. The molecule has 1 saturated heterocycles. The summed E-state index contributed by atoms with van der Waals surface area (Å²) in [6.45, 7) is 4.48. The van der Waals surface area contributed by atoms with Crippen molar-refractivity contribution in [2.24, 2.45) is 11.8 Å². The first-order chi connectivity index (χ1) is 8.11. The van der Waals surface area contributed by atoms with Crippen LogP contribution < -0.4 is 0 Å². The van der Waals surface area contributed by atoms with Crippen LogP contribution in [0.2, 0.25) is 0 Å². The van der Waals surface area contributed by atoms with Crippen LogP contribution in [-0.2, 0) is 4.74 Å². The first-order valence-corrected chi connectivity index (χ1v) is 6.77. The molecule has 0 bridgehead atoms. The molecule has 0 unspecified atom stereocenters. The first kappa shape index (κ1) is 11.7. The Morgan fingerprint density at radius 1 is 1.41 bits per heavy atom. The number of hydrogen-bond donors (Lipinski definition) is 2. The molecule has 2 N–H and O–H groups in total. The lowest BCUT2D eigenvalue weighted by atomic mass is 9.69. The molecule has 3 rings (SSSR count). The molecule has 0 aromatic heterocycles. The Balaban J connectivity index is 1.94. The first-order valence-electron chi connectivity index (χ1n) is 6.77. The zero-order valence-electron chi connectivity index (χ0n) is 10.3. The van der Waals surface area contributed by atoms with Gasteiger partial charge in [0.2, 0.25) is 0 Å². The third-order valence-electron chi connectivity index (χ3n) is 5.28. The largest absolute Gasteiger partial charge is 0.393 e. The van der Waals surface area contributed by atoms with Gasteiger partial charge in [0.25, 0.3) is 0 Å². The van der Waals surface area contributed by atoms with E-state index in [1.807, 2.05) is 6.08 Å². The fraction of sp³-hybridized carbons (Fsp3) is 0.857. The quantitative estimate of drug-likeness (QED) is 0.719. The van der Waals surface area contributed by atoms with Crippen molar-refractivity contribution in [3.05, 3.63) is 12.7 Å². The van der Waals surface area contributed by atoms with Gasteiger partial charge in [0.05, 0.1) is 18.3 Å². The molecule has 17 heavy (non-hydrogen) atoms. The monoisotopic (exact) mass is 238 g/mol. The van der Waals surface area contributed by atoms with Crippen molar-refractivity contribution >= 4 is 0 Å². The Labute approximate surface area is 102 Å². The van der Waals surface area contributed by atoms with Crippen molar-refractivity contribution in [2.75, 3.05) is 6.61 Å². The van der Waals surface area contributed by atoms with Crippen LogP contribution in [0.15, 0.2) is 12.7 Å². The summed E-state index contributed by atoms with van der Waals surface area (Å²) in [5, 5.41) is 20.7. The third-order valence-corrected chi connectivity index (χ3v) is 5.28. The highest BCUT2D eigenvalue weighted by atomic mass is 16.5. The summed E-state index contributed by atoms with van der Waals surface area (Å²) < 4.78 is 6.00. The predicted molar refractivity (Wildman–Crippen MR) is 64.5 cm³/mol. The second-order valence-corrected chi connectivity index (χ2v) is 6.04. The zero-order chi connectivity index (χ0) is 12.1. The molecule has 0 aromatic carbocycles. The number of hydrogen-bond acceptors (Lipinski definition) is 3. The number of allylic oxidation sites excluding steroid dienone is 1. The van der Waals surface area contributed by atoms with Gasteiger partial charge < -0.3 is 14.9 Å². The van der Waals surface area contributed by atoms with Gasteiger partial charge in [-0.2, -0.15) is 0 Å². The van der Waals surface area contributed by atoms with Gasteiger partial charge in [-0.25, -0.2) is 0 Å². The number of aliphatic hydroxyl groups excluding tert-OH is 1. The molecule has 1 heterocycles. The summed E-state index contributed by atoms with van der Waals surface area (Å²) in [6.07, 6.45) is 6.56. The Kier molecular flexibility index (Phi) is 2.62. The van der Waals surface area contributed by atoms with E-state index in [-0.39, 0.29) is 11.7 Å². The molecule has 96 valence electrons. The van der Waals surface area contributed by atoms with Crippen molar-refractivity contribution in [3.8, 4) is 0 Å². The van der Waals surface area contributed by atoms with E-state index in [0.29, 0.717) is 18.4 Å². The van der Waals surface area contributed by atoms with Crippen molar-refractivity contribution in [1.29, 1.82) is 0 Å². The second-order valence-electron chi connectivity index (χ2n) is 6.04. The molecule has 3 fully saturated rings. The molecular formula is C14H22O3. The van der Waals surface area contributed by atoms with E-state index in [1.54, 1.807) is 0 Å². The van der Waals surface area contributed by atoms with Crippen LogP contribution in [0, 0.1) is 11.8 Å². The van der Waals surface area contributed by atoms with Gasteiger partial charge >= 0.3 is 0 Å². The van der Waals surface area contributed by atoms with Gasteiger partial charge in [-0.05, 0) is 43.9 Å². The Morgan fingerprint density at radius 3 is 3.00 bits per heavy atom. The number of ether oxygens (including phenoxy) is 1. The van der Waals surface area contributed by atoms with Crippen molar-refractivity contribution in [3.63, 3.8) is 0 Å². The van der Waals surface area contributed by atoms with E-state index in [9.17, 15) is 10.2 Å². The second kappa shape index (κ2) is 3.81. The maximum absolute atomic E-state index is 10.9. The summed E-state index contributed by atoms with van der Waals surface area (Å²) in [4.78, 5) is 0. The topological polar surface area (TPSA) is 49.7 Å². The summed E-state index contributed by atoms with van der Waals surface area (Å²) in [7, 11) is 0. The van der Waals surface area contributed by atoms with Crippen molar-refractivity contribution in [1.82, 2.24) is 0 Å². The molecule has 0 aromatic rings. The summed E-state index contributed by atoms with van der Waals surface area (Å²) in [5.41, 5.74) is -1.01. The minimum absolute atomic E-state index is 0.218. The van der Waals surface area contributed by atoms with Crippen LogP contribution in [0.1, 0.15) is 38.5 Å². The van der Waals surface area contributed by atoms with Crippen LogP contribution in [0.25, 0.3) is 0 Å². The van der Waals surface area contributed by atoms with Gasteiger partial charge in [-0.1, -0.05) is 6.08 Å². The van der Waals surface area contributed by atoms with E-state index in [4.69, 9.17) is 4.74 Å². The lowest BCUT2D eigenvalue weighted by Gasteiger charge is -2.44. The average molecular weight is 238 g/mol. The normalized spacial score (nSPS) is 53.2. The van der Waals surface area contributed by atoms with Crippen LogP contribution in [0.3, 0.4) is 0 Å². The van der Waals surface area contributed by atoms with E-state index in [0.717, 1.165) is 38.5 Å². The van der Waals surface area contributed by atoms with E-state index >= 15 is 0 Å². The lowest BCUT2D eigenvalue weighted by Crippen LogP contribution is -2.53. The third kappa shape index (κ3) is 1.46. The molecule has 2 saturated carbocycles. The van der Waals surface area contributed by atoms with Gasteiger partial charge in [0.15, 0.2) is 0 Å². The molecule has 5 atom stereocenters. The SMILES string of the molecule is C=CC[C@@H]1C[C@]2(O)CCO[C@@]23CC[C@H](O)C[C@H]13. The molecule has 2 aliphatic carbocycles. The Hall–Kier alpha value is -0.380. The summed E-state index contributed by atoms with van der Waals surface area (Å²) in [5.74, 6) is 0.726. The van der Waals surface area contributed by atoms with Gasteiger partial charge in [0.1, 0.15) is 5.60 Å². The lowest BCUT2D eigenvalue weighted by molar-refractivity contribution is -0.153. The van der Waals surface area contributed by atoms with E-state index in [2.05, 4.69) is 6.58 Å². The molecule has 1 aliphatic heterocycles. The smallest absolute Gasteiger partial charge is 0.100 e. The average Bonchev–Trinajstić information content (AvgIpc) is 2.70.